The third-order valence-electron chi connectivity index (χ3n) is 1.79. The van der Waals surface area contributed by atoms with Gasteiger partial charge in [0.25, 0.3) is 0 Å². The van der Waals surface area contributed by atoms with E-state index in [1.54, 1.807) is 24.4 Å². The molecule has 0 radical (unpaired) electrons. The van der Waals surface area contributed by atoms with Crippen LogP contribution in [0.4, 0.5) is 4.39 Å². The lowest BCUT2D eigenvalue weighted by atomic mass is 10.2. The Labute approximate surface area is 103 Å². The third-order valence-corrected chi connectivity index (χ3v) is 2.73. The van der Waals surface area contributed by atoms with Gasteiger partial charge in [0.1, 0.15) is 10.4 Å². The molecule has 0 aliphatic carbocycles. The summed E-state index contributed by atoms with van der Waals surface area (Å²) in [7, 11) is 0. The lowest BCUT2D eigenvalue weighted by Gasteiger charge is -2.02. The molecule has 0 atom stereocenters. The highest BCUT2D eigenvalue weighted by atomic mass is 79.9. The van der Waals surface area contributed by atoms with E-state index in [4.69, 9.17) is 0 Å². The van der Waals surface area contributed by atoms with Gasteiger partial charge in [0, 0.05) is 10.7 Å². The molecule has 5 heteroatoms. The van der Waals surface area contributed by atoms with E-state index in [0.29, 0.717) is 20.5 Å². The summed E-state index contributed by atoms with van der Waals surface area (Å²) >= 11 is 6.41. The minimum absolute atomic E-state index is 0.345. The van der Waals surface area contributed by atoms with Crippen molar-refractivity contribution in [3.63, 3.8) is 0 Å². The molecule has 76 valence electrons. The summed E-state index contributed by atoms with van der Waals surface area (Å²) in [5, 5.41) is 0. The van der Waals surface area contributed by atoms with E-state index in [-0.39, 0.29) is 5.82 Å². The minimum atomic E-state index is -0.345. The van der Waals surface area contributed by atoms with E-state index in [2.05, 4.69) is 41.8 Å². The van der Waals surface area contributed by atoms with Crippen molar-refractivity contribution in [3.05, 3.63) is 45.4 Å². The van der Waals surface area contributed by atoms with Gasteiger partial charge in [-0.25, -0.2) is 14.4 Å². The van der Waals surface area contributed by atoms with Crippen molar-refractivity contribution in [3.8, 4) is 11.4 Å². The predicted octanol–water partition coefficient (Wildman–Crippen LogP) is 3.81. The van der Waals surface area contributed by atoms with Gasteiger partial charge < -0.3 is 0 Å². The van der Waals surface area contributed by atoms with Gasteiger partial charge >= 0.3 is 0 Å². The smallest absolute Gasteiger partial charge is 0.163 e. The largest absolute Gasteiger partial charge is 0.236 e. The van der Waals surface area contributed by atoms with Crippen LogP contribution in [0.15, 0.2) is 39.5 Å². The average Bonchev–Trinajstić information content (AvgIpc) is 2.17. The minimum Gasteiger partial charge on any atom is -0.236 e. The van der Waals surface area contributed by atoms with Crippen LogP contribution in [0.1, 0.15) is 0 Å². The van der Waals surface area contributed by atoms with Crippen molar-refractivity contribution in [1.29, 1.82) is 0 Å². The molecule has 0 unspecified atom stereocenters. The third kappa shape index (κ3) is 2.41. The Morgan fingerprint density at radius 2 is 1.93 bits per heavy atom. The van der Waals surface area contributed by atoms with Gasteiger partial charge in [-0.1, -0.05) is 15.9 Å². The van der Waals surface area contributed by atoms with Gasteiger partial charge in [-0.15, -0.1) is 0 Å². The van der Waals surface area contributed by atoms with Gasteiger partial charge in [0.05, 0.1) is 5.56 Å². The van der Waals surface area contributed by atoms with Crippen molar-refractivity contribution >= 4 is 31.9 Å². The first-order chi connectivity index (χ1) is 7.16. The molecule has 0 aliphatic rings. The number of nitrogens with zero attached hydrogens (tertiary/aromatic N) is 2. The van der Waals surface area contributed by atoms with Crippen LogP contribution in [0.25, 0.3) is 11.4 Å². The second-order valence-electron chi connectivity index (χ2n) is 2.83. The molecule has 0 amide bonds. The first-order valence-electron chi connectivity index (χ1n) is 4.11. The lowest BCUT2D eigenvalue weighted by molar-refractivity contribution is 0.629. The van der Waals surface area contributed by atoms with Crippen molar-refractivity contribution < 1.29 is 4.39 Å². The normalized spacial score (nSPS) is 10.3. The van der Waals surface area contributed by atoms with Gasteiger partial charge in [0.2, 0.25) is 0 Å². The van der Waals surface area contributed by atoms with Crippen LogP contribution >= 0.6 is 31.9 Å². The fourth-order valence-corrected chi connectivity index (χ4v) is 1.76. The van der Waals surface area contributed by atoms with Crippen LogP contribution in [0.5, 0.6) is 0 Å². The molecule has 0 saturated carbocycles. The van der Waals surface area contributed by atoms with Crippen LogP contribution in [0, 0.1) is 5.82 Å². The molecule has 0 saturated heterocycles. The number of benzene rings is 1. The first-order valence-corrected chi connectivity index (χ1v) is 5.69. The molecule has 15 heavy (non-hydrogen) atoms. The molecule has 0 spiro atoms. The number of rotatable bonds is 1. The van der Waals surface area contributed by atoms with E-state index in [9.17, 15) is 4.39 Å². The van der Waals surface area contributed by atoms with E-state index < -0.39 is 0 Å². The Morgan fingerprint density at radius 3 is 2.60 bits per heavy atom. The fraction of sp³-hybridized carbons (Fsp3) is 0. The van der Waals surface area contributed by atoms with Crippen LogP contribution in [0.3, 0.4) is 0 Å². The maximum absolute atomic E-state index is 13.5. The van der Waals surface area contributed by atoms with Gasteiger partial charge in [-0.3, -0.25) is 0 Å². The molecule has 0 fully saturated rings. The maximum Gasteiger partial charge on any atom is 0.163 e. The second kappa shape index (κ2) is 4.37. The molecule has 0 aliphatic heterocycles. The number of aromatic nitrogens is 2. The standard InChI is InChI=1S/C10H5Br2FN2/c11-6-1-2-7(8(13)5-6)10-14-4-3-9(12)15-10/h1-5H. The average molecular weight is 332 g/mol. The molecular weight excluding hydrogens is 327 g/mol. The number of hydrogen-bond donors (Lipinski definition) is 0. The lowest BCUT2D eigenvalue weighted by Crippen LogP contribution is -1.91. The van der Waals surface area contributed by atoms with Crippen molar-refractivity contribution in [2.45, 2.75) is 0 Å². The monoisotopic (exact) mass is 330 g/mol. The topological polar surface area (TPSA) is 25.8 Å². The predicted molar refractivity (Wildman–Crippen MR) is 62.8 cm³/mol. The van der Waals surface area contributed by atoms with Gasteiger partial charge in [0.15, 0.2) is 5.82 Å². The zero-order chi connectivity index (χ0) is 10.8. The zero-order valence-electron chi connectivity index (χ0n) is 7.42. The number of halogens is 3. The highest BCUT2D eigenvalue weighted by Crippen LogP contribution is 2.23. The SMILES string of the molecule is Fc1cc(Br)ccc1-c1nccc(Br)n1. The summed E-state index contributed by atoms with van der Waals surface area (Å²) in [6.45, 7) is 0. The first kappa shape index (κ1) is 10.7. The van der Waals surface area contributed by atoms with Gasteiger partial charge in [-0.05, 0) is 40.2 Å². The van der Waals surface area contributed by atoms with Crippen LogP contribution in [-0.2, 0) is 0 Å². The molecule has 2 aromatic rings. The Kier molecular flexibility index (Phi) is 3.11. The Hall–Kier alpha value is -0.810. The number of hydrogen-bond acceptors (Lipinski definition) is 2. The summed E-state index contributed by atoms with van der Waals surface area (Å²) in [5.41, 5.74) is 0.388. The van der Waals surface area contributed by atoms with E-state index in [0.717, 1.165) is 0 Å². The molecule has 1 heterocycles. The maximum atomic E-state index is 13.5. The Bertz CT molecular complexity index is 503. The van der Waals surface area contributed by atoms with E-state index in [1.165, 1.54) is 6.07 Å². The van der Waals surface area contributed by atoms with Crippen molar-refractivity contribution in [1.82, 2.24) is 9.97 Å². The quantitative estimate of drug-likeness (QED) is 0.743. The summed E-state index contributed by atoms with van der Waals surface area (Å²) < 4.78 is 14.9. The van der Waals surface area contributed by atoms with Crippen LogP contribution in [0.2, 0.25) is 0 Å². The Morgan fingerprint density at radius 1 is 1.13 bits per heavy atom. The Balaban J connectivity index is 2.54. The zero-order valence-corrected chi connectivity index (χ0v) is 10.6. The second-order valence-corrected chi connectivity index (χ2v) is 4.56. The summed E-state index contributed by atoms with van der Waals surface area (Å²) in [6, 6.07) is 6.48. The molecular formula is C10H5Br2FN2. The molecule has 2 rings (SSSR count). The fourth-order valence-electron chi connectivity index (χ4n) is 1.14. The van der Waals surface area contributed by atoms with Gasteiger partial charge in [-0.2, -0.15) is 0 Å². The summed E-state index contributed by atoms with van der Waals surface area (Å²) in [6.07, 6.45) is 1.58. The van der Waals surface area contributed by atoms with E-state index >= 15 is 0 Å². The summed E-state index contributed by atoms with van der Waals surface area (Å²) in [5.74, 6) is 0.0249. The van der Waals surface area contributed by atoms with Crippen LogP contribution < -0.4 is 0 Å². The molecule has 0 bridgehead atoms. The molecule has 0 N–H and O–H groups in total. The van der Waals surface area contributed by atoms with E-state index in [1.807, 2.05) is 0 Å². The summed E-state index contributed by atoms with van der Waals surface area (Å²) in [4.78, 5) is 8.09. The molecule has 1 aromatic carbocycles. The highest BCUT2D eigenvalue weighted by molar-refractivity contribution is 9.10. The highest BCUT2D eigenvalue weighted by Gasteiger charge is 2.08. The van der Waals surface area contributed by atoms with Crippen molar-refractivity contribution in [2.24, 2.45) is 0 Å². The molecule has 2 nitrogen and oxygen atoms in total. The van der Waals surface area contributed by atoms with Crippen LogP contribution in [-0.4, -0.2) is 9.97 Å². The molecule has 1 aromatic heterocycles. The van der Waals surface area contributed by atoms with Crippen molar-refractivity contribution in [2.75, 3.05) is 0 Å².